The monoisotopic (exact) mass is 309 g/mol. The van der Waals surface area contributed by atoms with Gasteiger partial charge in [0, 0.05) is 30.0 Å². The van der Waals surface area contributed by atoms with Gasteiger partial charge in [-0.15, -0.1) is 0 Å². The number of aryl methyl sites for hydroxylation is 1. The van der Waals surface area contributed by atoms with Crippen molar-refractivity contribution in [3.05, 3.63) is 54.1 Å². The van der Waals surface area contributed by atoms with Gasteiger partial charge in [-0.1, -0.05) is 12.1 Å². The van der Waals surface area contributed by atoms with Gasteiger partial charge in [0.25, 0.3) is 0 Å². The van der Waals surface area contributed by atoms with E-state index in [4.69, 9.17) is 0 Å². The molecule has 0 saturated carbocycles. The summed E-state index contributed by atoms with van der Waals surface area (Å²) in [5.41, 5.74) is 3.40. The summed E-state index contributed by atoms with van der Waals surface area (Å²) in [7, 11) is 0. The van der Waals surface area contributed by atoms with E-state index in [1.165, 1.54) is 0 Å². The molecule has 1 heterocycles. The van der Waals surface area contributed by atoms with Crippen LogP contribution in [0, 0.1) is 6.92 Å². The molecule has 23 heavy (non-hydrogen) atoms. The summed E-state index contributed by atoms with van der Waals surface area (Å²) >= 11 is 0. The van der Waals surface area contributed by atoms with Crippen molar-refractivity contribution >= 4 is 29.0 Å². The molecule has 1 saturated heterocycles. The number of anilines is 3. The second-order valence-electron chi connectivity index (χ2n) is 5.64. The van der Waals surface area contributed by atoms with Gasteiger partial charge in [0.1, 0.15) is 0 Å². The normalized spacial score (nSPS) is 14.0. The van der Waals surface area contributed by atoms with Crippen LogP contribution in [0.25, 0.3) is 0 Å². The average molecular weight is 309 g/mol. The number of hydrogen-bond donors (Lipinski definition) is 2. The highest BCUT2D eigenvalue weighted by atomic mass is 16.2. The SMILES string of the molecule is Cc1cccc(NC(=O)Nc2ccc(N3CCCC3=O)cc2)c1. The van der Waals surface area contributed by atoms with Gasteiger partial charge in [-0.25, -0.2) is 4.79 Å². The standard InChI is InChI=1S/C18H19N3O2/c1-13-4-2-5-15(12-13)20-18(23)19-14-7-9-16(10-8-14)21-11-3-6-17(21)22/h2,4-5,7-10,12H,3,6,11H2,1H3,(H2,19,20,23). The van der Waals surface area contributed by atoms with Crippen molar-refractivity contribution in [3.8, 4) is 0 Å². The number of urea groups is 1. The molecule has 0 radical (unpaired) electrons. The fourth-order valence-corrected chi connectivity index (χ4v) is 2.66. The Bertz CT molecular complexity index is 725. The van der Waals surface area contributed by atoms with Gasteiger partial charge >= 0.3 is 6.03 Å². The van der Waals surface area contributed by atoms with Crippen molar-refractivity contribution in [2.45, 2.75) is 19.8 Å². The first-order chi connectivity index (χ1) is 11.1. The Kier molecular flexibility index (Phi) is 4.28. The van der Waals surface area contributed by atoms with E-state index in [0.29, 0.717) is 12.1 Å². The third kappa shape index (κ3) is 3.69. The first-order valence-electron chi connectivity index (χ1n) is 7.67. The Labute approximate surface area is 135 Å². The van der Waals surface area contributed by atoms with Crippen LogP contribution in [0.2, 0.25) is 0 Å². The Hall–Kier alpha value is -2.82. The van der Waals surface area contributed by atoms with E-state index < -0.39 is 0 Å². The molecular weight excluding hydrogens is 290 g/mol. The molecule has 1 fully saturated rings. The molecule has 0 aromatic heterocycles. The molecule has 5 heteroatoms. The Morgan fingerprint density at radius 2 is 1.78 bits per heavy atom. The summed E-state index contributed by atoms with van der Waals surface area (Å²) in [5.74, 6) is 0.155. The minimum absolute atomic E-state index is 0.155. The molecule has 2 N–H and O–H groups in total. The summed E-state index contributed by atoms with van der Waals surface area (Å²) < 4.78 is 0. The highest BCUT2D eigenvalue weighted by Gasteiger charge is 2.21. The van der Waals surface area contributed by atoms with Crippen molar-refractivity contribution in [2.75, 3.05) is 22.1 Å². The lowest BCUT2D eigenvalue weighted by atomic mass is 10.2. The van der Waals surface area contributed by atoms with Crippen LogP contribution in [0.1, 0.15) is 18.4 Å². The summed E-state index contributed by atoms with van der Waals surface area (Å²) in [4.78, 5) is 25.5. The van der Waals surface area contributed by atoms with E-state index >= 15 is 0 Å². The van der Waals surface area contributed by atoms with Crippen molar-refractivity contribution in [1.29, 1.82) is 0 Å². The summed E-state index contributed by atoms with van der Waals surface area (Å²) in [6.45, 7) is 2.74. The zero-order chi connectivity index (χ0) is 16.2. The fraction of sp³-hybridized carbons (Fsp3) is 0.222. The lowest BCUT2D eigenvalue weighted by molar-refractivity contribution is -0.117. The third-order valence-electron chi connectivity index (χ3n) is 3.79. The molecule has 0 bridgehead atoms. The van der Waals surface area contributed by atoms with E-state index in [0.717, 1.165) is 29.9 Å². The molecule has 3 rings (SSSR count). The fourth-order valence-electron chi connectivity index (χ4n) is 2.66. The van der Waals surface area contributed by atoms with Gasteiger partial charge in [0.15, 0.2) is 0 Å². The average Bonchev–Trinajstić information content (AvgIpc) is 2.94. The Morgan fingerprint density at radius 1 is 1.04 bits per heavy atom. The smallest absolute Gasteiger partial charge is 0.312 e. The molecule has 118 valence electrons. The highest BCUT2D eigenvalue weighted by Crippen LogP contribution is 2.23. The van der Waals surface area contributed by atoms with E-state index in [9.17, 15) is 9.59 Å². The first kappa shape index (κ1) is 15.1. The number of rotatable bonds is 3. The lowest BCUT2D eigenvalue weighted by Crippen LogP contribution is -2.23. The van der Waals surface area contributed by atoms with Crippen molar-refractivity contribution < 1.29 is 9.59 Å². The molecule has 3 amide bonds. The minimum atomic E-state index is -0.291. The van der Waals surface area contributed by atoms with Crippen LogP contribution >= 0.6 is 0 Å². The second kappa shape index (κ2) is 6.52. The van der Waals surface area contributed by atoms with Crippen LogP contribution in [0.15, 0.2) is 48.5 Å². The summed E-state index contributed by atoms with van der Waals surface area (Å²) in [6, 6.07) is 14.6. The summed E-state index contributed by atoms with van der Waals surface area (Å²) in [5, 5.41) is 5.58. The number of benzene rings is 2. The maximum absolute atomic E-state index is 12.0. The zero-order valence-electron chi connectivity index (χ0n) is 13.0. The van der Waals surface area contributed by atoms with E-state index in [1.54, 1.807) is 17.0 Å². The molecule has 5 nitrogen and oxygen atoms in total. The van der Waals surface area contributed by atoms with E-state index in [-0.39, 0.29) is 11.9 Å². The van der Waals surface area contributed by atoms with Gasteiger partial charge in [-0.05, 0) is 55.3 Å². The van der Waals surface area contributed by atoms with Gasteiger partial charge in [-0.3, -0.25) is 4.79 Å². The van der Waals surface area contributed by atoms with Crippen LogP contribution < -0.4 is 15.5 Å². The number of hydrogen-bond acceptors (Lipinski definition) is 2. The molecule has 2 aromatic rings. The van der Waals surface area contributed by atoms with Crippen LogP contribution in [-0.4, -0.2) is 18.5 Å². The molecule has 0 spiro atoms. The zero-order valence-corrected chi connectivity index (χ0v) is 13.0. The number of nitrogens with one attached hydrogen (secondary N) is 2. The predicted octanol–water partition coefficient (Wildman–Crippen LogP) is 3.77. The van der Waals surface area contributed by atoms with Gasteiger partial charge in [0.2, 0.25) is 5.91 Å². The molecule has 2 aromatic carbocycles. The highest BCUT2D eigenvalue weighted by molar-refractivity contribution is 6.00. The number of carbonyl (C=O) groups is 2. The predicted molar refractivity (Wildman–Crippen MR) is 91.8 cm³/mol. The maximum atomic E-state index is 12.0. The van der Waals surface area contributed by atoms with Crippen molar-refractivity contribution in [2.24, 2.45) is 0 Å². The molecule has 0 aliphatic carbocycles. The second-order valence-corrected chi connectivity index (χ2v) is 5.64. The third-order valence-corrected chi connectivity index (χ3v) is 3.79. The molecule has 1 aliphatic heterocycles. The Balaban J connectivity index is 1.61. The molecule has 0 unspecified atom stereocenters. The number of carbonyl (C=O) groups excluding carboxylic acids is 2. The molecule has 1 aliphatic rings. The maximum Gasteiger partial charge on any atom is 0.323 e. The van der Waals surface area contributed by atoms with Gasteiger partial charge in [0.05, 0.1) is 0 Å². The lowest BCUT2D eigenvalue weighted by Gasteiger charge is -2.16. The van der Waals surface area contributed by atoms with Crippen molar-refractivity contribution in [1.82, 2.24) is 0 Å². The van der Waals surface area contributed by atoms with Crippen LogP contribution in [-0.2, 0) is 4.79 Å². The number of amides is 3. The largest absolute Gasteiger partial charge is 0.323 e. The van der Waals surface area contributed by atoms with E-state index in [1.807, 2.05) is 43.3 Å². The Morgan fingerprint density at radius 3 is 2.43 bits per heavy atom. The van der Waals surface area contributed by atoms with Crippen LogP contribution in [0.4, 0.5) is 21.9 Å². The topological polar surface area (TPSA) is 61.4 Å². The van der Waals surface area contributed by atoms with Crippen LogP contribution in [0.5, 0.6) is 0 Å². The molecule has 0 atom stereocenters. The van der Waals surface area contributed by atoms with Crippen molar-refractivity contribution in [3.63, 3.8) is 0 Å². The molecular formula is C18H19N3O2. The minimum Gasteiger partial charge on any atom is -0.312 e. The van der Waals surface area contributed by atoms with Gasteiger partial charge < -0.3 is 15.5 Å². The summed E-state index contributed by atoms with van der Waals surface area (Å²) in [6.07, 6.45) is 1.51. The first-order valence-corrected chi connectivity index (χ1v) is 7.67. The number of nitrogens with zero attached hydrogens (tertiary/aromatic N) is 1. The quantitative estimate of drug-likeness (QED) is 0.906. The van der Waals surface area contributed by atoms with Crippen LogP contribution in [0.3, 0.4) is 0 Å². The van der Waals surface area contributed by atoms with Gasteiger partial charge in [-0.2, -0.15) is 0 Å². The van der Waals surface area contributed by atoms with E-state index in [2.05, 4.69) is 10.6 Å².